The van der Waals surface area contributed by atoms with E-state index >= 15 is 0 Å². The highest BCUT2D eigenvalue weighted by atomic mass is 32.1. The third-order valence-corrected chi connectivity index (χ3v) is 4.11. The molecule has 102 valence electrons. The monoisotopic (exact) mass is 277 g/mol. The second-order valence-electron chi connectivity index (χ2n) is 4.25. The zero-order valence-electron chi connectivity index (χ0n) is 11.5. The standard InChI is InChI=1S/C15H19NO2S/c1-16-12(15-5-4-8-19-15)9-11-6-7-13(17-2)14(10-11)18-3/h4-8,10,12,16H,9H2,1-3H3. The van der Waals surface area contributed by atoms with Crippen LogP contribution < -0.4 is 14.8 Å². The van der Waals surface area contributed by atoms with Crippen LogP contribution in [0.15, 0.2) is 35.7 Å². The topological polar surface area (TPSA) is 30.5 Å². The number of rotatable bonds is 6. The van der Waals surface area contributed by atoms with Crippen molar-refractivity contribution in [1.82, 2.24) is 5.32 Å². The minimum Gasteiger partial charge on any atom is -0.493 e. The third-order valence-electron chi connectivity index (χ3n) is 3.12. The Labute approximate surface area is 118 Å². The summed E-state index contributed by atoms with van der Waals surface area (Å²) in [6, 6.07) is 10.6. The SMILES string of the molecule is CNC(Cc1ccc(OC)c(OC)c1)c1cccs1. The van der Waals surface area contributed by atoms with E-state index in [9.17, 15) is 0 Å². The average molecular weight is 277 g/mol. The van der Waals surface area contributed by atoms with Crippen LogP contribution in [0.4, 0.5) is 0 Å². The Bertz CT molecular complexity index is 511. The fraction of sp³-hybridized carbons (Fsp3) is 0.333. The molecule has 1 unspecified atom stereocenters. The highest BCUT2D eigenvalue weighted by Crippen LogP contribution is 2.30. The maximum Gasteiger partial charge on any atom is 0.160 e. The van der Waals surface area contributed by atoms with Crippen LogP contribution in [0.3, 0.4) is 0 Å². The average Bonchev–Trinajstić information content (AvgIpc) is 2.98. The summed E-state index contributed by atoms with van der Waals surface area (Å²) in [5, 5.41) is 5.46. The number of hydrogen-bond donors (Lipinski definition) is 1. The van der Waals surface area contributed by atoms with E-state index in [1.807, 2.05) is 19.2 Å². The van der Waals surface area contributed by atoms with Crippen LogP contribution in [-0.2, 0) is 6.42 Å². The van der Waals surface area contributed by atoms with Gasteiger partial charge in [-0.15, -0.1) is 11.3 Å². The first kappa shape index (κ1) is 13.9. The molecule has 0 fully saturated rings. The maximum atomic E-state index is 5.34. The van der Waals surface area contributed by atoms with Crippen LogP contribution in [0.2, 0.25) is 0 Å². The fourth-order valence-corrected chi connectivity index (χ4v) is 2.91. The Morgan fingerprint density at radius 1 is 1.16 bits per heavy atom. The number of nitrogens with one attached hydrogen (secondary N) is 1. The largest absolute Gasteiger partial charge is 0.493 e. The highest BCUT2D eigenvalue weighted by Gasteiger charge is 2.12. The molecule has 19 heavy (non-hydrogen) atoms. The second-order valence-corrected chi connectivity index (χ2v) is 5.23. The summed E-state index contributed by atoms with van der Waals surface area (Å²) in [7, 11) is 5.31. The molecule has 1 atom stereocenters. The van der Waals surface area contributed by atoms with E-state index < -0.39 is 0 Å². The van der Waals surface area contributed by atoms with Crippen molar-refractivity contribution in [2.24, 2.45) is 0 Å². The summed E-state index contributed by atoms with van der Waals surface area (Å²) >= 11 is 1.77. The quantitative estimate of drug-likeness (QED) is 0.879. The van der Waals surface area contributed by atoms with E-state index in [0.29, 0.717) is 6.04 Å². The molecule has 2 rings (SSSR count). The Morgan fingerprint density at radius 2 is 1.95 bits per heavy atom. The second kappa shape index (κ2) is 6.59. The molecule has 0 amide bonds. The predicted molar refractivity (Wildman–Crippen MR) is 79.4 cm³/mol. The van der Waals surface area contributed by atoms with Crippen LogP contribution in [0.1, 0.15) is 16.5 Å². The summed E-state index contributed by atoms with van der Waals surface area (Å²) < 4.78 is 10.6. The molecule has 0 bridgehead atoms. The number of methoxy groups -OCH3 is 2. The molecule has 0 aliphatic heterocycles. The lowest BCUT2D eigenvalue weighted by Gasteiger charge is -2.16. The van der Waals surface area contributed by atoms with Crippen molar-refractivity contribution in [3.05, 3.63) is 46.2 Å². The van der Waals surface area contributed by atoms with Crippen molar-refractivity contribution >= 4 is 11.3 Å². The van der Waals surface area contributed by atoms with Gasteiger partial charge in [-0.1, -0.05) is 12.1 Å². The van der Waals surface area contributed by atoms with Crippen molar-refractivity contribution < 1.29 is 9.47 Å². The van der Waals surface area contributed by atoms with Gasteiger partial charge in [0, 0.05) is 10.9 Å². The molecule has 3 nitrogen and oxygen atoms in total. The lowest BCUT2D eigenvalue weighted by atomic mass is 10.0. The summed E-state index contributed by atoms with van der Waals surface area (Å²) in [6.07, 6.45) is 0.928. The van der Waals surface area contributed by atoms with Gasteiger partial charge in [-0.05, 0) is 42.6 Å². The first-order chi connectivity index (χ1) is 9.28. The van der Waals surface area contributed by atoms with Gasteiger partial charge in [0.25, 0.3) is 0 Å². The summed E-state index contributed by atoms with van der Waals surface area (Å²) in [4.78, 5) is 1.34. The summed E-state index contributed by atoms with van der Waals surface area (Å²) in [5.41, 5.74) is 1.23. The Hall–Kier alpha value is -1.52. The molecule has 1 aromatic heterocycles. The van der Waals surface area contributed by atoms with Gasteiger partial charge in [0.15, 0.2) is 11.5 Å². The van der Waals surface area contributed by atoms with Crippen molar-refractivity contribution in [2.75, 3.05) is 21.3 Å². The molecule has 0 aliphatic rings. The number of benzene rings is 1. The minimum atomic E-state index is 0.332. The van der Waals surface area contributed by atoms with Gasteiger partial charge in [0.1, 0.15) is 0 Å². The van der Waals surface area contributed by atoms with E-state index in [1.165, 1.54) is 10.4 Å². The third kappa shape index (κ3) is 3.28. The molecule has 0 aliphatic carbocycles. The molecule has 0 spiro atoms. The Balaban J connectivity index is 2.18. The van der Waals surface area contributed by atoms with Gasteiger partial charge in [-0.3, -0.25) is 0 Å². The molecule has 2 aromatic rings. The van der Waals surface area contributed by atoms with Crippen LogP contribution in [0.25, 0.3) is 0 Å². The van der Waals surface area contributed by atoms with Crippen LogP contribution in [0, 0.1) is 0 Å². The lowest BCUT2D eigenvalue weighted by Crippen LogP contribution is -2.17. The fourth-order valence-electron chi connectivity index (χ4n) is 2.08. The van der Waals surface area contributed by atoms with Gasteiger partial charge >= 0.3 is 0 Å². The predicted octanol–water partition coefficient (Wildman–Crippen LogP) is 3.27. The van der Waals surface area contributed by atoms with Crippen molar-refractivity contribution in [3.8, 4) is 11.5 Å². The number of ether oxygens (including phenoxy) is 2. The van der Waals surface area contributed by atoms with Crippen LogP contribution >= 0.6 is 11.3 Å². The van der Waals surface area contributed by atoms with Gasteiger partial charge in [0.05, 0.1) is 14.2 Å². The van der Waals surface area contributed by atoms with E-state index in [1.54, 1.807) is 25.6 Å². The lowest BCUT2D eigenvalue weighted by molar-refractivity contribution is 0.354. The molecule has 0 saturated carbocycles. The summed E-state index contributed by atoms with van der Waals surface area (Å²) in [6.45, 7) is 0. The molecule has 0 radical (unpaired) electrons. The van der Waals surface area contributed by atoms with Crippen molar-refractivity contribution in [1.29, 1.82) is 0 Å². The van der Waals surface area contributed by atoms with Crippen LogP contribution in [-0.4, -0.2) is 21.3 Å². The van der Waals surface area contributed by atoms with E-state index in [2.05, 4.69) is 28.9 Å². The molecular weight excluding hydrogens is 258 g/mol. The Kier molecular flexibility index (Phi) is 4.82. The van der Waals surface area contributed by atoms with Gasteiger partial charge in [0.2, 0.25) is 0 Å². The van der Waals surface area contributed by atoms with Gasteiger partial charge in [-0.2, -0.15) is 0 Å². The van der Waals surface area contributed by atoms with Gasteiger partial charge < -0.3 is 14.8 Å². The molecular formula is C15H19NO2S. The maximum absolute atomic E-state index is 5.34. The number of thiophene rings is 1. The minimum absolute atomic E-state index is 0.332. The summed E-state index contributed by atoms with van der Waals surface area (Å²) in [5.74, 6) is 1.55. The number of hydrogen-bond acceptors (Lipinski definition) is 4. The Morgan fingerprint density at radius 3 is 2.53 bits per heavy atom. The molecule has 0 saturated heterocycles. The molecule has 1 aromatic carbocycles. The molecule has 1 N–H and O–H groups in total. The smallest absolute Gasteiger partial charge is 0.160 e. The van der Waals surface area contributed by atoms with Crippen molar-refractivity contribution in [3.63, 3.8) is 0 Å². The number of likely N-dealkylation sites (N-methyl/N-ethyl adjacent to an activating group) is 1. The van der Waals surface area contributed by atoms with Crippen molar-refractivity contribution in [2.45, 2.75) is 12.5 Å². The molecule has 4 heteroatoms. The molecule has 1 heterocycles. The first-order valence-electron chi connectivity index (χ1n) is 6.20. The normalized spacial score (nSPS) is 12.2. The van der Waals surface area contributed by atoms with E-state index in [-0.39, 0.29) is 0 Å². The van der Waals surface area contributed by atoms with E-state index in [0.717, 1.165) is 17.9 Å². The highest BCUT2D eigenvalue weighted by molar-refractivity contribution is 7.10. The van der Waals surface area contributed by atoms with E-state index in [4.69, 9.17) is 9.47 Å². The zero-order valence-corrected chi connectivity index (χ0v) is 12.3. The zero-order chi connectivity index (χ0) is 13.7. The van der Waals surface area contributed by atoms with Gasteiger partial charge in [-0.25, -0.2) is 0 Å². The first-order valence-corrected chi connectivity index (χ1v) is 7.08. The van der Waals surface area contributed by atoms with Crippen LogP contribution in [0.5, 0.6) is 11.5 Å².